The number of ether oxygens (including phenoxy) is 3. The number of pyridine rings is 1. The highest BCUT2D eigenvalue weighted by molar-refractivity contribution is 6.09. The van der Waals surface area contributed by atoms with Crippen LogP contribution in [-0.4, -0.2) is 32.2 Å². The number of benzene rings is 2. The van der Waals surface area contributed by atoms with Crippen LogP contribution in [0.1, 0.15) is 15.9 Å². The number of aromatic nitrogens is 1. The molecule has 0 aliphatic heterocycles. The lowest BCUT2D eigenvalue weighted by Gasteiger charge is -2.15. The second kappa shape index (κ2) is 7.86. The van der Waals surface area contributed by atoms with Crippen molar-refractivity contribution in [3.05, 3.63) is 53.7 Å². The minimum absolute atomic E-state index is 0.170. The Balaban J connectivity index is 2.02. The molecule has 29 heavy (non-hydrogen) atoms. The Labute approximate surface area is 164 Å². The Bertz CT molecular complexity index is 1040. The van der Waals surface area contributed by atoms with Crippen LogP contribution in [0.2, 0.25) is 0 Å². The van der Waals surface area contributed by atoms with Gasteiger partial charge in [0.1, 0.15) is 0 Å². The van der Waals surface area contributed by atoms with Crippen LogP contribution in [-0.2, 0) is 6.18 Å². The molecular weight excluding hydrogens is 389 g/mol. The largest absolute Gasteiger partial charge is 0.493 e. The zero-order chi connectivity index (χ0) is 21.2. The highest BCUT2D eigenvalue weighted by Crippen LogP contribution is 2.38. The van der Waals surface area contributed by atoms with Crippen LogP contribution < -0.4 is 19.5 Å². The van der Waals surface area contributed by atoms with Gasteiger partial charge in [0.15, 0.2) is 11.5 Å². The van der Waals surface area contributed by atoms with E-state index in [4.69, 9.17) is 14.2 Å². The van der Waals surface area contributed by atoms with Gasteiger partial charge in [0.2, 0.25) is 5.75 Å². The van der Waals surface area contributed by atoms with Crippen LogP contribution in [0.4, 0.5) is 18.9 Å². The van der Waals surface area contributed by atoms with Crippen LogP contribution >= 0.6 is 0 Å². The summed E-state index contributed by atoms with van der Waals surface area (Å²) in [6.45, 7) is 0. The molecule has 0 saturated carbocycles. The average molecular weight is 406 g/mol. The minimum atomic E-state index is -4.51. The molecule has 0 aliphatic carbocycles. The molecule has 0 spiro atoms. The third-order valence-electron chi connectivity index (χ3n) is 4.24. The van der Waals surface area contributed by atoms with Crippen LogP contribution in [0.5, 0.6) is 17.2 Å². The standard InChI is InChI=1S/C20H17F3N2O4/c1-27-16-8-11(9-17(28-2)18(16)29-3)19(26)25-15-6-7-24-14-5-4-12(10-13(14)15)20(21,22)23/h4-10H,1-3H3,(H,24,25,26). The first kappa shape index (κ1) is 20.2. The first-order valence-electron chi connectivity index (χ1n) is 8.35. The summed E-state index contributed by atoms with van der Waals surface area (Å²) in [6.07, 6.45) is -3.11. The van der Waals surface area contributed by atoms with Crippen molar-refractivity contribution in [3.8, 4) is 17.2 Å². The van der Waals surface area contributed by atoms with E-state index in [1.807, 2.05) is 0 Å². The summed E-state index contributed by atoms with van der Waals surface area (Å²) >= 11 is 0. The molecule has 2 aromatic carbocycles. The van der Waals surface area contributed by atoms with E-state index in [-0.39, 0.29) is 28.1 Å². The van der Waals surface area contributed by atoms with E-state index < -0.39 is 17.6 Å². The van der Waals surface area contributed by atoms with Crippen molar-refractivity contribution in [2.45, 2.75) is 6.18 Å². The molecule has 0 bridgehead atoms. The molecule has 6 nitrogen and oxygen atoms in total. The van der Waals surface area contributed by atoms with Crippen LogP contribution in [0.15, 0.2) is 42.6 Å². The molecule has 0 aliphatic rings. The number of hydrogen-bond donors (Lipinski definition) is 1. The van der Waals surface area contributed by atoms with Crippen molar-refractivity contribution in [2.75, 3.05) is 26.6 Å². The second-order valence-corrected chi connectivity index (χ2v) is 5.96. The molecular formula is C20H17F3N2O4. The molecule has 3 rings (SSSR count). The minimum Gasteiger partial charge on any atom is -0.493 e. The number of amides is 1. The molecule has 3 aromatic rings. The van der Waals surface area contributed by atoms with Gasteiger partial charge in [-0.3, -0.25) is 9.78 Å². The van der Waals surface area contributed by atoms with Gasteiger partial charge in [-0.05, 0) is 36.4 Å². The highest BCUT2D eigenvalue weighted by Gasteiger charge is 2.30. The number of methoxy groups -OCH3 is 3. The molecule has 0 radical (unpaired) electrons. The summed E-state index contributed by atoms with van der Waals surface area (Å²) in [7, 11) is 4.25. The maximum Gasteiger partial charge on any atom is 0.416 e. The molecule has 0 atom stereocenters. The number of nitrogens with one attached hydrogen (secondary N) is 1. The van der Waals surface area contributed by atoms with Crippen LogP contribution in [0.3, 0.4) is 0 Å². The van der Waals surface area contributed by atoms with E-state index in [1.165, 1.54) is 51.8 Å². The number of carbonyl (C=O) groups excluding carboxylic acids is 1. The molecule has 1 heterocycles. The average Bonchev–Trinajstić information content (AvgIpc) is 2.71. The molecule has 1 amide bonds. The fourth-order valence-electron chi connectivity index (χ4n) is 2.84. The van der Waals surface area contributed by atoms with Crippen molar-refractivity contribution in [1.82, 2.24) is 4.98 Å². The summed E-state index contributed by atoms with van der Waals surface area (Å²) in [6, 6.07) is 7.47. The van der Waals surface area contributed by atoms with E-state index >= 15 is 0 Å². The number of fused-ring (bicyclic) bond motifs is 1. The van der Waals surface area contributed by atoms with Gasteiger partial charge in [0, 0.05) is 17.1 Å². The summed E-state index contributed by atoms with van der Waals surface area (Å²) in [4.78, 5) is 16.8. The summed E-state index contributed by atoms with van der Waals surface area (Å²) in [5, 5.41) is 2.79. The van der Waals surface area contributed by atoms with Gasteiger partial charge in [-0.2, -0.15) is 13.2 Å². The normalized spacial score (nSPS) is 11.2. The zero-order valence-corrected chi connectivity index (χ0v) is 15.8. The highest BCUT2D eigenvalue weighted by atomic mass is 19.4. The van der Waals surface area contributed by atoms with Crippen molar-refractivity contribution < 1.29 is 32.2 Å². The summed E-state index contributed by atoms with van der Waals surface area (Å²) in [5.41, 5.74) is -0.140. The topological polar surface area (TPSA) is 69.7 Å². The smallest absolute Gasteiger partial charge is 0.416 e. The number of hydrogen-bond acceptors (Lipinski definition) is 5. The van der Waals surface area contributed by atoms with Crippen molar-refractivity contribution >= 4 is 22.5 Å². The number of anilines is 1. The third kappa shape index (κ3) is 4.03. The van der Waals surface area contributed by atoms with Crippen molar-refractivity contribution in [3.63, 3.8) is 0 Å². The Morgan fingerprint density at radius 2 is 1.62 bits per heavy atom. The van der Waals surface area contributed by atoms with Crippen LogP contribution in [0.25, 0.3) is 10.9 Å². The van der Waals surface area contributed by atoms with Crippen molar-refractivity contribution in [1.29, 1.82) is 0 Å². The lowest BCUT2D eigenvalue weighted by atomic mass is 10.1. The van der Waals surface area contributed by atoms with Gasteiger partial charge in [-0.1, -0.05) is 0 Å². The Kier molecular flexibility index (Phi) is 5.49. The van der Waals surface area contributed by atoms with Gasteiger partial charge < -0.3 is 19.5 Å². The lowest BCUT2D eigenvalue weighted by molar-refractivity contribution is -0.137. The van der Waals surface area contributed by atoms with E-state index in [0.717, 1.165) is 12.1 Å². The first-order valence-corrected chi connectivity index (χ1v) is 8.35. The van der Waals surface area contributed by atoms with E-state index in [2.05, 4.69) is 10.3 Å². The monoisotopic (exact) mass is 406 g/mol. The predicted octanol–water partition coefficient (Wildman–Crippen LogP) is 4.53. The number of nitrogens with zero attached hydrogens (tertiary/aromatic N) is 1. The fourth-order valence-corrected chi connectivity index (χ4v) is 2.84. The maximum absolute atomic E-state index is 13.1. The first-order chi connectivity index (χ1) is 13.8. The van der Waals surface area contributed by atoms with Gasteiger partial charge in [-0.25, -0.2) is 0 Å². The van der Waals surface area contributed by atoms with Crippen LogP contribution in [0, 0.1) is 0 Å². The number of carbonyl (C=O) groups is 1. The molecule has 9 heteroatoms. The SMILES string of the molecule is COc1cc(C(=O)Nc2ccnc3ccc(C(F)(F)F)cc23)cc(OC)c1OC. The van der Waals surface area contributed by atoms with Gasteiger partial charge in [0.25, 0.3) is 5.91 Å². The third-order valence-corrected chi connectivity index (χ3v) is 4.24. The molecule has 0 fully saturated rings. The Hall–Kier alpha value is -3.49. The molecule has 1 N–H and O–H groups in total. The number of alkyl halides is 3. The van der Waals surface area contributed by atoms with E-state index in [0.29, 0.717) is 11.3 Å². The number of rotatable bonds is 5. The Morgan fingerprint density at radius 1 is 0.966 bits per heavy atom. The molecule has 152 valence electrons. The summed E-state index contributed by atoms with van der Waals surface area (Å²) in [5.74, 6) is 0.303. The quantitative estimate of drug-likeness (QED) is 0.674. The predicted molar refractivity (Wildman–Crippen MR) is 101 cm³/mol. The summed E-state index contributed by atoms with van der Waals surface area (Å²) < 4.78 is 54.9. The molecule has 0 saturated heterocycles. The lowest BCUT2D eigenvalue weighted by Crippen LogP contribution is -2.13. The van der Waals surface area contributed by atoms with Crippen molar-refractivity contribution in [2.24, 2.45) is 0 Å². The van der Waals surface area contributed by atoms with Gasteiger partial charge >= 0.3 is 6.18 Å². The van der Waals surface area contributed by atoms with E-state index in [1.54, 1.807) is 0 Å². The van der Waals surface area contributed by atoms with Gasteiger partial charge in [-0.15, -0.1) is 0 Å². The van der Waals surface area contributed by atoms with E-state index in [9.17, 15) is 18.0 Å². The zero-order valence-electron chi connectivity index (χ0n) is 15.8. The second-order valence-electron chi connectivity index (χ2n) is 5.96. The number of halogens is 3. The molecule has 0 unspecified atom stereocenters. The fraction of sp³-hybridized carbons (Fsp3) is 0.200. The Morgan fingerprint density at radius 3 is 2.17 bits per heavy atom. The molecule has 1 aromatic heterocycles. The maximum atomic E-state index is 13.1. The van der Waals surface area contributed by atoms with Gasteiger partial charge in [0.05, 0.1) is 38.1 Å².